The summed E-state index contributed by atoms with van der Waals surface area (Å²) in [5.41, 5.74) is 6.22. The highest BCUT2D eigenvalue weighted by molar-refractivity contribution is 5.95. The number of carbonyl (C=O) groups excluding carboxylic acids is 2. The number of rotatable bonds is 5. The van der Waals surface area contributed by atoms with E-state index < -0.39 is 11.8 Å². The molecular formula is C19H17FN4O3. The molecule has 27 heavy (non-hydrogen) atoms. The standard InChI is InChI=1S/C19H17FN4O3/c1-12-11-14(7-8-15(12)20)18-21-17(27-24-18)10-9-16(25)22-23-19(26)13-5-3-2-4-6-13/h2-8,11H,9-10H2,1H3,(H,22,25)(H,23,26). The van der Waals surface area contributed by atoms with Gasteiger partial charge in [0.2, 0.25) is 17.6 Å². The first-order valence-corrected chi connectivity index (χ1v) is 8.26. The van der Waals surface area contributed by atoms with E-state index in [0.717, 1.165) is 0 Å². The Morgan fingerprint density at radius 2 is 1.89 bits per heavy atom. The average molecular weight is 368 g/mol. The number of hydrogen-bond donors (Lipinski definition) is 2. The van der Waals surface area contributed by atoms with Crippen molar-refractivity contribution in [1.82, 2.24) is 21.0 Å². The molecule has 0 atom stereocenters. The van der Waals surface area contributed by atoms with Crippen molar-refractivity contribution >= 4 is 11.8 Å². The van der Waals surface area contributed by atoms with E-state index in [9.17, 15) is 14.0 Å². The van der Waals surface area contributed by atoms with Crippen LogP contribution in [0.1, 0.15) is 28.2 Å². The van der Waals surface area contributed by atoms with Crippen molar-refractivity contribution in [2.45, 2.75) is 19.8 Å². The second kappa shape index (κ2) is 8.22. The van der Waals surface area contributed by atoms with Gasteiger partial charge in [0.15, 0.2) is 0 Å². The Morgan fingerprint density at radius 3 is 2.63 bits per heavy atom. The van der Waals surface area contributed by atoms with Gasteiger partial charge in [-0.15, -0.1) is 0 Å². The van der Waals surface area contributed by atoms with Gasteiger partial charge >= 0.3 is 0 Å². The molecule has 0 saturated carbocycles. The first kappa shape index (κ1) is 18.2. The zero-order valence-electron chi connectivity index (χ0n) is 14.5. The number of hydrazine groups is 1. The maximum absolute atomic E-state index is 13.3. The fourth-order valence-corrected chi connectivity index (χ4v) is 2.33. The summed E-state index contributed by atoms with van der Waals surface area (Å²) in [5.74, 6) is -0.508. The van der Waals surface area contributed by atoms with E-state index in [4.69, 9.17) is 4.52 Å². The molecule has 0 aliphatic carbocycles. The number of nitrogens with zero attached hydrogens (tertiary/aromatic N) is 2. The van der Waals surface area contributed by atoms with Crippen molar-refractivity contribution in [1.29, 1.82) is 0 Å². The quantitative estimate of drug-likeness (QED) is 0.675. The molecule has 138 valence electrons. The Balaban J connectivity index is 1.50. The number of halogens is 1. The van der Waals surface area contributed by atoms with Crippen molar-refractivity contribution < 1.29 is 18.5 Å². The predicted octanol–water partition coefficient (Wildman–Crippen LogP) is 2.58. The number of amides is 2. The van der Waals surface area contributed by atoms with Gasteiger partial charge in [0, 0.05) is 24.0 Å². The van der Waals surface area contributed by atoms with Gasteiger partial charge in [0.25, 0.3) is 5.91 Å². The van der Waals surface area contributed by atoms with Gasteiger partial charge in [-0.2, -0.15) is 4.98 Å². The van der Waals surface area contributed by atoms with E-state index in [1.54, 1.807) is 49.4 Å². The number of aryl methyl sites for hydroxylation is 2. The van der Waals surface area contributed by atoms with Crippen molar-refractivity contribution in [3.8, 4) is 11.4 Å². The Kier molecular flexibility index (Phi) is 5.55. The highest BCUT2D eigenvalue weighted by atomic mass is 19.1. The summed E-state index contributed by atoms with van der Waals surface area (Å²) in [5, 5.41) is 3.84. The van der Waals surface area contributed by atoms with Crippen molar-refractivity contribution in [3.63, 3.8) is 0 Å². The number of carbonyl (C=O) groups is 2. The summed E-state index contributed by atoms with van der Waals surface area (Å²) in [4.78, 5) is 27.9. The third-order valence-electron chi connectivity index (χ3n) is 3.80. The van der Waals surface area contributed by atoms with E-state index >= 15 is 0 Å². The SMILES string of the molecule is Cc1cc(-c2noc(CCC(=O)NNC(=O)c3ccccc3)n2)ccc1F. The molecule has 8 heteroatoms. The topological polar surface area (TPSA) is 97.1 Å². The lowest BCUT2D eigenvalue weighted by Gasteiger charge is -2.06. The molecule has 1 aromatic heterocycles. The molecule has 0 spiro atoms. The highest BCUT2D eigenvalue weighted by Crippen LogP contribution is 2.19. The van der Waals surface area contributed by atoms with Gasteiger partial charge in [0.05, 0.1) is 0 Å². The molecule has 0 unspecified atom stereocenters. The smallest absolute Gasteiger partial charge is 0.269 e. The Bertz CT molecular complexity index is 957. The van der Waals surface area contributed by atoms with Crippen molar-refractivity contribution in [2.24, 2.45) is 0 Å². The minimum absolute atomic E-state index is 0.0547. The van der Waals surface area contributed by atoms with Crippen LogP contribution in [0.2, 0.25) is 0 Å². The molecule has 2 N–H and O–H groups in total. The van der Waals surface area contributed by atoms with Gasteiger partial charge < -0.3 is 4.52 Å². The first-order valence-electron chi connectivity index (χ1n) is 8.26. The highest BCUT2D eigenvalue weighted by Gasteiger charge is 2.12. The lowest BCUT2D eigenvalue weighted by atomic mass is 10.1. The number of aromatic nitrogens is 2. The summed E-state index contributed by atoms with van der Waals surface area (Å²) >= 11 is 0. The van der Waals surface area contributed by atoms with E-state index in [2.05, 4.69) is 21.0 Å². The van der Waals surface area contributed by atoms with E-state index in [-0.39, 0.29) is 24.5 Å². The van der Waals surface area contributed by atoms with Crippen LogP contribution >= 0.6 is 0 Å². The molecule has 0 aliphatic rings. The van der Waals surface area contributed by atoms with E-state index in [1.165, 1.54) is 6.07 Å². The molecule has 0 fully saturated rings. The van der Waals surface area contributed by atoms with Crippen LogP contribution in [0.4, 0.5) is 4.39 Å². The minimum atomic E-state index is -0.407. The van der Waals surface area contributed by atoms with Gasteiger partial charge in [-0.05, 0) is 42.8 Å². The second-order valence-corrected chi connectivity index (χ2v) is 5.84. The van der Waals surface area contributed by atoms with Crippen LogP contribution in [0.15, 0.2) is 53.1 Å². The van der Waals surface area contributed by atoms with Crippen LogP contribution in [0.5, 0.6) is 0 Å². The number of benzene rings is 2. The fraction of sp³-hybridized carbons (Fsp3) is 0.158. The molecule has 1 heterocycles. The van der Waals surface area contributed by atoms with Crippen LogP contribution in [0, 0.1) is 12.7 Å². The molecule has 7 nitrogen and oxygen atoms in total. The monoisotopic (exact) mass is 368 g/mol. The van der Waals surface area contributed by atoms with E-state index in [0.29, 0.717) is 22.5 Å². The van der Waals surface area contributed by atoms with Crippen LogP contribution in [0.25, 0.3) is 11.4 Å². The van der Waals surface area contributed by atoms with Gasteiger partial charge in [-0.3, -0.25) is 20.4 Å². The van der Waals surface area contributed by atoms with Gasteiger partial charge in [-0.1, -0.05) is 23.4 Å². The molecular weight excluding hydrogens is 351 g/mol. The number of nitrogens with one attached hydrogen (secondary N) is 2. The lowest BCUT2D eigenvalue weighted by Crippen LogP contribution is -2.41. The van der Waals surface area contributed by atoms with Gasteiger partial charge in [-0.25, -0.2) is 4.39 Å². The maximum Gasteiger partial charge on any atom is 0.269 e. The van der Waals surface area contributed by atoms with Crippen LogP contribution in [0.3, 0.4) is 0 Å². The third kappa shape index (κ3) is 4.75. The molecule has 3 rings (SSSR count). The Morgan fingerprint density at radius 1 is 1.11 bits per heavy atom. The van der Waals surface area contributed by atoms with E-state index in [1.807, 2.05) is 0 Å². The summed E-state index contributed by atoms with van der Waals surface area (Å²) < 4.78 is 18.4. The summed E-state index contributed by atoms with van der Waals surface area (Å²) in [7, 11) is 0. The fourth-order valence-electron chi connectivity index (χ4n) is 2.33. The molecule has 2 aromatic carbocycles. The second-order valence-electron chi connectivity index (χ2n) is 5.84. The molecule has 0 bridgehead atoms. The summed E-state index contributed by atoms with van der Waals surface area (Å²) in [6.07, 6.45) is 0.263. The minimum Gasteiger partial charge on any atom is -0.339 e. The van der Waals surface area contributed by atoms with Gasteiger partial charge in [0.1, 0.15) is 5.82 Å². The van der Waals surface area contributed by atoms with Crippen molar-refractivity contribution in [2.75, 3.05) is 0 Å². The Hall–Kier alpha value is -3.55. The predicted molar refractivity (Wildman–Crippen MR) is 94.8 cm³/mol. The molecule has 0 saturated heterocycles. The zero-order valence-corrected chi connectivity index (χ0v) is 14.5. The van der Waals surface area contributed by atoms with Crippen LogP contribution in [-0.4, -0.2) is 22.0 Å². The lowest BCUT2D eigenvalue weighted by molar-refractivity contribution is -0.121. The summed E-state index contributed by atoms with van der Waals surface area (Å²) in [6.45, 7) is 1.65. The third-order valence-corrected chi connectivity index (χ3v) is 3.80. The Labute approximate surface area is 154 Å². The zero-order chi connectivity index (χ0) is 19.2. The molecule has 0 aliphatic heterocycles. The molecule has 3 aromatic rings. The largest absolute Gasteiger partial charge is 0.339 e. The van der Waals surface area contributed by atoms with Crippen molar-refractivity contribution in [3.05, 3.63) is 71.4 Å². The van der Waals surface area contributed by atoms with Crippen LogP contribution in [-0.2, 0) is 11.2 Å². The summed E-state index contributed by atoms with van der Waals surface area (Å²) in [6, 6.07) is 13.0. The average Bonchev–Trinajstić information content (AvgIpc) is 3.16. The normalized spacial score (nSPS) is 10.4. The molecule has 0 radical (unpaired) electrons. The molecule has 2 amide bonds. The maximum atomic E-state index is 13.3. The van der Waals surface area contributed by atoms with Crippen LogP contribution < -0.4 is 10.9 Å². The number of hydrogen-bond acceptors (Lipinski definition) is 5. The first-order chi connectivity index (χ1) is 13.0.